The maximum absolute atomic E-state index is 4.54. The summed E-state index contributed by atoms with van der Waals surface area (Å²) in [4.78, 5) is 34.3. The first-order valence-corrected chi connectivity index (χ1v) is 9.93. The van der Waals surface area contributed by atoms with Gasteiger partial charge in [0.15, 0.2) is 0 Å². The van der Waals surface area contributed by atoms with Crippen LogP contribution in [0.5, 0.6) is 0 Å². The van der Waals surface area contributed by atoms with Crippen molar-refractivity contribution in [3.05, 3.63) is 11.6 Å². The summed E-state index contributed by atoms with van der Waals surface area (Å²) in [6, 6.07) is 0. The van der Waals surface area contributed by atoms with Crippen LogP contribution in [-0.2, 0) is 0 Å². The second kappa shape index (κ2) is 11.3. The van der Waals surface area contributed by atoms with E-state index in [9.17, 15) is 0 Å². The Hall–Kier alpha value is -2.72. The Kier molecular flexibility index (Phi) is 9.50. The SMILES string of the molecule is CC.CCN(C)c1nc(C)nc(N(C)[B]N(C)c2nc(C)nc(N(C)CC)n2)n1. The zero-order valence-corrected chi connectivity index (χ0v) is 19.5. The number of nitrogens with zero attached hydrogens (tertiary/aromatic N) is 10. The lowest BCUT2D eigenvalue weighted by Gasteiger charge is -2.25. The molecule has 2 rings (SSSR count). The second-order valence-corrected chi connectivity index (χ2v) is 6.33. The maximum atomic E-state index is 4.54. The molecule has 0 aliphatic rings. The quantitative estimate of drug-likeness (QED) is 0.609. The Labute approximate surface area is 175 Å². The summed E-state index contributed by atoms with van der Waals surface area (Å²) in [5.74, 6) is 3.74. The molecule has 1 radical (unpaired) electrons. The fourth-order valence-electron chi connectivity index (χ4n) is 2.21. The molecule has 0 saturated heterocycles. The van der Waals surface area contributed by atoms with Gasteiger partial charge in [0.05, 0.1) is 0 Å². The molecule has 0 fully saturated rings. The minimum atomic E-state index is 0.557. The van der Waals surface area contributed by atoms with Crippen LogP contribution in [0.2, 0.25) is 0 Å². The fourth-order valence-corrected chi connectivity index (χ4v) is 2.21. The Bertz CT molecular complexity index is 709. The molecule has 2 heterocycles. The van der Waals surface area contributed by atoms with E-state index >= 15 is 0 Å². The molecular formula is C18H34BN10. The van der Waals surface area contributed by atoms with Crippen molar-refractivity contribution in [1.29, 1.82) is 0 Å². The zero-order valence-electron chi connectivity index (χ0n) is 19.5. The molecule has 0 amide bonds. The van der Waals surface area contributed by atoms with Crippen LogP contribution in [0.15, 0.2) is 0 Å². The summed E-state index contributed by atoms with van der Waals surface area (Å²) in [6.07, 6.45) is 0. The normalized spacial score (nSPS) is 10.0. The molecule has 0 unspecified atom stereocenters. The smallest absolute Gasteiger partial charge is 0.370 e. The van der Waals surface area contributed by atoms with Crippen LogP contribution in [0.1, 0.15) is 39.3 Å². The van der Waals surface area contributed by atoms with Gasteiger partial charge >= 0.3 is 7.55 Å². The van der Waals surface area contributed by atoms with Crippen LogP contribution in [0.25, 0.3) is 0 Å². The molecule has 0 bridgehead atoms. The van der Waals surface area contributed by atoms with Crippen LogP contribution in [-0.4, -0.2) is 78.7 Å². The Morgan fingerprint density at radius 3 is 1.21 bits per heavy atom. The molecule has 2 aromatic rings. The van der Waals surface area contributed by atoms with Crippen molar-refractivity contribution < 1.29 is 0 Å². The summed E-state index contributed by atoms with van der Waals surface area (Å²) < 4.78 is 0. The molecular weight excluding hydrogens is 367 g/mol. The lowest BCUT2D eigenvalue weighted by Crippen LogP contribution is -2.39. The van der Waals surface area contributed by atoms with Gasteiger partial charge in [0.2, 0.25) is 23.8 Å². The fraction of sp³-hybridized carbons (Fsp3) is 0.667. The van der Waals surface area contributed by atoms with Gasteiger partial charge in [0.1, 0.15) is 11.6 Å². The number of rotatable bonds is 8. The monoisotopic (exact) mass is 401 g/mol. The van der Waals surface area contributed by atoms with Gasteiger partial charge in [0.25, 0.3) is 0 Å². The first-order valence-electron chi connectivity index (χ1n) is 9.93. The van der Waals surface area contributed by atoms with E-state index in [2.05, 4.69) is 43.8 Å². The Balaban J connectivity index is 0.00000204. The minimum Gasteiger partial charge on any atom is -0.370 e. The van der Waals surface area contributed by atoms with E-state index in [4.69, 9.17) is 0 Å². The molecule has 0 aliphatic heterocycles. The molecule has 0 N–H and O–H groups in total. The molecule has 29 heavy (non-hydrogen) atoms. The summed E-state index contributed by atoms with van der Waals surface area (Å²) in [5, 5.41) is 0. The summed E-state index contributed by atoms with van der Waals surface area (Å²) in [7, 11) is 9.51. The van der Waals surface area contributed by atoms with E-state index in [0.717, 1.165) is 13.1 Å². The standard InChI is InChI=1S/C16H28BN10.C2H6/c1-9-24(5)13-18-11(3)20-15(22-13)26(7)17-27(8)16-21-12(4)19-14(23-16)25(6)10-2;1-2/h9-10H2,1-8H3;1-2H3. The van der Waals surface area contributed by atoms with Crippen LogP contribution >= 0.6 is 0 Å². The number of hydrogen-bond donors (Lipinski definition) is 0. The van der Waals surface area contributed by atoms with Gasteiger partial charge in [-0.3, -0.25) is 0 Å². The summed E-state index contributed by atoms with van der Waals surface area (Å²) in [5.41, 5.74) is 0. The lowest BCUT2D eigenvalue weighted by atomic mass is 10.1. The third-order valence-corrected chi connectivity index (χ3v) is 4.06. The van der Waals surface area contributed by atoms with Crippen molar-refractivity contribution in [3.8, 4) is 0 Å². The Morgan fingerprint density at radius 2 is 0.897 bits per heavy atom. The average Bonchev–Trinajstić information content (AvgIpc) is 2.72. The van der Waals surface area contributed by atoms with Crippen LogP contribution in [0, 0.1) is 13.8 Å². The van der Waals surface area contributed by atoms with Crippen molar-refractivity contribution in [2.75, 3.05) is 60.7 Å². The molecule has 10 nitrogen and oxygen atoms in total. The topological polar surface area (TPSA) is 90.3 Å². The van der Waals surface area contributed by atoms with Crippen molar-refractivity contribution in [3.63, 3.8) is 0 Å². The van der Waals surface area contributed by atoms with Crippen LogP contribution in [0.3, 0.4) is 0 Å². The van der Waals surface area contributed by atoms with Crippen LogP contribution in [0.4, 0.5) is 23.8 Å². The first-order chi connectivity index (χ1) is 13.7. The third kappa shape index (κ3) is 6.69. The molecule has 0 atom stereocenters. The summed E-state index contributed by atoms with van der Waals surface area (Å²) in [6.45, 7) is 13.4. The van der Waals surface area contributed by atoms with Gasteiger partial charge in [-0.1, -0.05) is 13.8 Å². The van der Waals surface area contributed by atoms with Crippen molar-refractivity contribution in [2.24, 2.45) is 0 Å². The maximum Gasteiger partial charge on any atom is 0.395 e. The van der Waals surface area contributed by atoms with Crippen molar-refractivity contribution in [2.45, 2.75) is 41.5 Å². The third-order valence-electron chi connectivity index (χ3n) is 4.06. The van der Waals surface area contributed by atoms with Gasteiger partial charge in [-0.2, -0.15) is 29.9 Å². The first kappa shape index (κ1) is 24.3. The van der Waals surface area contributed by atoms with Crippen molar-refractivity contribution in [1.82, 2.24) is 29.9 Å². The van der Waals surface area contributed by atoms with E-state index in [1.807, 2.05) is 82.9 Å². The van der Waals surface area contributed by atoms with Gasteiger partial charge in [-0.25, -0.2) is 0 Å². The predicted octanol–water partition coefficient (Wildman–Crippen LogP) is 1.72. The molecule has 2 aromatic heterocycles. The minimum absolute atomic E-state index is 0.557. The van der Waals surface area contributed by atoms with E-state index in [1.54, 1.807) is 0 Å². The molecule has 0 spiro atoms. The highest BCUT2D eigenvalue weighted by Crippen LogP contribution is 2.14. The highest BCUT2D eigenvalue weighted by atomic mass is 15.4. The highest BCUT2D eigenvalue weighted by Gasteiger charge is 2.18. The predicted molar refractivity (Wildman–Crippen MR) is 121 cm³/mol. The average molecular weight is 401 g/mol. The molecule has 0 saturated carbocycles. The molecule has 0 aliphatic carbocycles. The van der Waals surface area contributed by atoms with E-state index in [1.165, 1.54) is 0 Å². The van der Waals surface area contributed by atoms with Crippen LogP contribution < -0.4 is 19.4 Å². The number of hydrogen-bond acceptors (Lipinski definition) is 10. The molecule has 159 valence electrons. The second-order valence-electron chi connectivity index (χ2n) is 6.33. The van der Waals surface area contributed by atoms with E-state index in [0.29, 0.717) is 35.4 Å². The van der Waals surface area contributed by atoms with Gasteiger partial charge in [-0.15, -0.1) is 0 Å². The lowest BCUT2D eigenvalue weighted by molar-refractivity contribution is 0.852. The van der Waals surface area contributed by atoms with Gasteiger partial charge in [-0.05, 0) is 41.8 Å². The number of aryl methyl sites for hydroxylation is 2. The number of anilines is 4. The molecule has 11 heteroatoms. The molecule has 0 aromatic carbocycles. The van der Waals surface area contributed by atoms with E-state index < -0.39 is 0 Å². The largest absolute Gasteiger partial charge is 0.395 e. The summed E-state index contributed by atoms with van der Waals surface area (Å²) >= 11 is 0. The van der Waals surface area contributed by atoms with Gasteiger partial charge in [0, 0.05) is 27.2 Å². The van der Waals surface area contributed by atoms with Gasteiger partial charge < -0.3 is 19.4 Å². The number of aromatic nitrogens is 6. The Morgan fingerprint density at radius 1 is 0.586 bits per heavy atom. The van der Waals surface area contributed by atoms with Crippen molar-refractivity contribution >= 4 is 31.3 Å². The zero-order chi connectivity index (χ0) is 22.1. The highest BCUT2D eigenvalue weighted by molar-refractivity contribution is 6.45. The van der Waals surface area contributed by atoms with E-state index in [-0.39, 0.29) is 0 Å².